The van der Waals surface area contributed by atoms with Gasteiger partial charge >= 0.3 is 0 Å². The molecule has 2 heteroatoms. The number of fused-ring (bicyclic) bond motifs is 1. The van der Waals surface area contributed by atoms with E-state index in [1.165, 1.54) is 0 Å². The normalized spacial score (nSPS) is 21.1. The van der Waals surface area contributed by atoms with Gasteiger partial charge in [-0.25, -0.2) is 0 Å². The second kappa shape index (κ2) is 2.91. The maximum atomic E-state index is 11.4. The number of carbonyl (C=O) groups excluding carboxylic acids is 1. The zero-order valence-corrected chi connectivity index (χ0v) is 7.34. The van der Waals surface area contributed by atoms with E-state index in [-0.39, 0.29) is 11.7 Å². The smallest absolute Gasteiger partial charge is 0.163 e. The van der Waals surface area contributed by atoms with Gasteiger partial charge in [0.1, 0.15) is 0 Å². The number of Topliss-reactive ketones (excluding diaryl/α,β-unsaturated/α-hetero) is 1. The summed E-state index contributed by atoms with van der Waals surface area (Å²) >= 11 is 5.75. The van der Waals surface area contributed by atoms with Crippen molar-refractivity contribution in [1.82, 2.24) is 0 Å². The number of alkyl halides is 1. The van der Waals surface area contributed by atoms with E-state index < -0.39 is 0 Å². The van der Waals surface area contributed by atoms with Crippen molar-refractivity contribution in [2.45, 2.75) is 12.3 Å². The Morgan fingerprint density at radius 1 is 1.42 bits per heavy atom. The summed E-state index contributed by atoms with van der Waals surface area (Å²) in [7, 11) is 0. The van der Waals surface area contributed by atoms with Crippen LogP contribution in [0.4, 0.5) is 0 Å². The van der Waals surface area contributed by atoms with E-state index in [4.69, 9.17) is 11.6 Å². The SMILES string of the molecule is O=C1CC(CCl)c2ccccc21. The molecule has 62 valence electrons. The molecule has 1 aromatic carbocycles. The van der Waals surface area contributed by atoms with Crippen LogP contribution in [0.1, 0.15) is 28.3 Å². The third-order valence-electron chi connectivity index (χ3n) is 2.32. The predicted octanol–water partition coefficient (Wildman–Crippen LogP) is 2.60. The van der Waals surface area contributed by atoms with Gasteiger partial charge in [-0.2, -0.15) is 0 Å². The average Bonchev–Trinajstić information content (AvgIpc) is 2.44. The van der Waals surface area contributed by atoms with Crippen molar-refractivity contribution in [3.63, 3.8) is 0 Å². The molecule has 0 spiro atoms. The molecular formula is C10H9ClO. The first-order chi connectivity index (χ1) is 5.83. The summed E-state index contributed by atoms with van der Waals surface area (Å²) in [5.41, 5.74) is 1.99. The minimum Gasteiger partial charge on any atom is -0.294 e. The fourth-order valence-corrected chi connectivity index (χ4v) is 1.96. The van der Waals surface area contributed by atoms with Gasteiger partial charge in [-0.05, 0) is 5.56 Å². The third kappa shape index (κ3) is 1.05. The molecule has 0 radical (unpaired) electrons. The summed E-state index contributed by atoms with van der Waals surface area (Å²) in [5, 5.41) is 0. The zero-order valence-electron chi connectivity index (χ0n) is 6.59. The number of hydrogen-bond acceptors (Lipinski definition) is 1. The van der Waals surface area contributed by atoms with E-state index in [1.807, 2.05) is 24.3 Å². The summed E-state index contributed by atoms with van der Waals surface area (Å²) in [6.07, 6.45) is 0.586. The average molecular weight is 181 g/mol. The minimum atomic E-state index is 0.233. The molecular weight excluding hydrogens is 172 g/mol. The molecule has 1 aliphatic rings. The fraction of sp³-hybridized carbons (Fsp3) is 0.300. The van der Waals surface area contributed by atoms with Crippen molar-refractivity contribution in [2.75, 3.05) is 5.88 Å². The molecule has 0 aliphatic heterocycles. The lowest BCUT2D eigenvalue weighted by Crippen LogP contribution is -1.94. The zero-order chi connectivity index (χ0) is 8.55. The van der Waals surface area contributed by atoms with Crippen molar-refractivity contribution in [3.8, 4) is 0 Å². The number of rotatable bonds is 1. The van der Waals surface area contributed by atoms with Crippen molar-refractivity contribution < 1.29 is 4.79 Å². The van der Waals surface area contributed by atoms with Crippen molar-refractivity contribution in [3.05, 3.63) is 35.4 Å². The van der Waals surface area contributed by atoms with Gasteiger partial charge < -0.3 is 0 Å². The Morgan fingerprint density at radius 2 is 2.17 bits per heavy atom. The van der Waals surface area contributed by atoms with Crippen molar-refractivity contribution in [1.29, 1.82) is 0 Å². The van der Waals surface area contributed by atoms with Crippen LogP contribution in [0.25, 0.3) is 0 Å². The highest BCUT2D eigenvalue weighted by Crippen LogP contribution is 2.33. The fourth-order valence-electron chi connectivity index (χ4n) is 1.69. The van der Waals surface area contributed by atoms with E-state index >= 15 is 0 Å². The third-order valence-corrected chi connectivity index (χ3v) is 2.69. The first-order valence-electron chi connectivity index (χ1n) is 4.01. The van der Waals surface area contributed by atoms with Crippen LogP contribution < -0.4 is 0 Å². The molecule has 1 atom stereocenters. The molecule has 0 N–H and O–H groups in total. The second-order valence-corrected chi connectivity index (χ2v) is 3.37. The molecule has 1 aromatic rings. The molecule has 0 aromatic heterocycles. The molecule has 0 bridgehead atoms. The molecule has 12 heavy (non-hydrogen) atoms. The van der Waals surface area contributed by atoms with Gasteiger partial charge in [-0.3, -0.25) is 4.79 Å². The number of halogens is 1. The Bertz CT molecular complexity index is 319. The summed E-state index contributed by atoms with van der Waals surface area (Å²) < 4.78 is 0. The van der Waals surface area contributed by atoms with Crippen LogP contribution in [0.5, 0.6) is 0 Å². The Morgan fingerprint density at radius 3 is 2.92 bits per heavy atom. The van der Waals surface area contributed by atoms with E-state index in [1.54, 1.807) is 0 Å². The lowest BCUT2D eigenvalue weighted by Gasteiger charge is -2.03. The van der Waals surface area contributed by atoms with Crippen LogP contribution in [-0.4, -0.2) is 11.7 Å². The van der Waals surface area contributed by atoms with E-state index in [2.05, 4.69) is 0 Å². The van der Waals surface area contributed by atoms with Crippen molar-refractivity contribution in [2.24, 2.45) is 0 Å². The van der Waals surface area contributed by atoms with E-state index in [0.717, 1.165) is 11.1 Å². The summed E-state index contributed by atoms with van der Waals surface area (Å²) in [6, 6.07) is 7.72. The highest BCUT2D eigenvalue weighted by atomic mass is 35.5. The lowest BCUT2D eigenvalue weighted by atomic mass is 10.0. The maximum absolute atomic E-state index is 11.4. The quantitative estimate of drug-likeness (QED) is 0.608. The van der Waals surface area contributed by atoms with Crippen molar-refractivity contribution >= 4 is 17.4 Å². The topological polar surface area (TPSA) is 17.1 Å². The predicted molar refractivity (Wildman–Crippen MR) is 48.9 cm³/mol. The summed E-state index contributed by atoms with van der Waals surface area (Å²) in [5.74, 6) is 1.02. The molecule has 1 nitrogen and oxygen atoms in total. The molecule has 0 saturated carbocycles. The number of benzene rings is 1. The molecule has 2 rings (SSSR count). The van der Waals surface area contributed by atoms with Crippen LogP contribution in [0.2, 0.25) is 0 Å². The van der Waals surface area contributed by atoms with E-state index in [0.29, 0.717) is 12.3 Å². The van der Waals surface area contributed by atoms with Gasteiger partial charge in [-0.15, -0.1) is 11.6 Å². The van der Waals surface area contributed by atoms with Crippen LogP contribution in [0, 0.1) is 0 Å². The monoisotopic (exact) mass is 180 g/mol. The summed E-state index contributed by atoms with van der Waals surface area (Å²) in [6.45, 7) is 0. The van der Waals surface area contributed by atoms with Crippen LogP contribution >= 0.6 is 11.6 Å². The standard InChI is InChI=1S/C10H9ClO/c11-6-7-5-10(12)9-4-2-1-3-8(7)9/h1-4,7H,5-6H2. The molecule has 1 aliphatic carbocycles. The maximum Gasteiger partial charge on any atom is 0.163 e. The Labute approximate surface area is 76.4 Å². The number of hydrogen-bond donors (Lipinski definition) is 0. The minimum absolute atomic E-state index is 0.233. The van der Waals surface area contributed by atoms with Crippen LogP contribution in [0.15, 0.2) is 24.3 Å². The van der Waals surface area contributed by atoms with Gasteiger partial charge in [0.2, 0.25) is 0 Å². The molecule has 0 fully saturated rings. The Kier molecular flexibility index (Phi) is 1.89. The number of carbonyl (C=O) groups is 1. The first kappa shape index (κ1) is 7.81. The molecule has 0 saturated heterocycles. The van der Waals surface area contributed by atoms with Gasteiger partial charge in [-0.1, -0.05) is 24.3 Å². The first-order valence-corrected chi connectivity index (χ1v) is 4.54. The van der Waals surface area contributed by atoms with Gasteiger partial charge in [0, 0.05) is 23.8 Å². The molecule has 1 unspecified atom stereocenters. The van der Waals surface area contributed by atoms with Crippen LogP contribution in [-0.2, 0) is 0 Å². The molecule has 0 amide bonds. The van der Waals surface area contributed by atoms with Crippen LogP contribution in [0.3, 0.4) is 0 Å². The highest BCUT2D eigenvalue weighted by molar-refractivity contribution is 6.19. The van der Waals surface area contributed by atoms with Gasteiger partial charge in [0.05, 0.1) is 0 Å². The largest absolute Gasteiger partial charge is 0.294 e. The summed E-state index contributed by atoms with van der Waals surface area (Å²) in [4.78, 5) is 11.4. The van der Waals surface area contributed by atoms with Gasteiger partial charge in [0.25, 0.3) is 0 Å². The lowest BCUT2D eigenvalue weighted by molar-refractivity contribution is 0.0990. The number of ketones is 1. The Balaban J connectivity index is 2.50. The second-order valence-electron chi connectivity index (χ2n) is 3.07. The molecule has 0 heterocycles. The van der Waals surface area contributed by atoms with Gasteiger partial charge in [0.15, 0.2) is 5.78 Å². The Hall–Kier alpha value is -0.820. The van der Waals surface area contributed by atoms with E-state index in [9.17, 15) is 4.79 Å². The highest BCUT2D eigenvalue weighted by Gasteiger charge is 2.27.